The summed E-state index contributed by atoms with van der Waals surface area (Å²) < 4.78 is 34.7. The highest BCUT2D eigenvalue weighted by Gasteiger charge is 2.26. The van der Waals surface area contributed by atoms with Gasteiger partial charge >= 0.3 is 0 Å². The first-order valence-corrected chi connectivity index (χ1v) is 13.5. The Morgan fingerprint density at radius 3 is 2.42 bits per heavy atom. The first-order valence-electron chi connectivity index (χ1n) is 9.87. The molecule has 33 heavy (non-hydrogen) atoms. The molecule has 10 heteroatoms. The van der Waals surface area contributed by atoms with Crippen molar-refractivity contribution in [2.75, 3.05) is 18.7 Å². The van der Waals surface area contributed by atoms with E-state index in [0.717, 1.165) is 28.7 Å². The van der Waals surface area contributed by atoms with Crippen LogP contribution in [-0.4, -0.2) is 32.1 Å². The van der Waals surface area contributed by atoms with Gasteiger partial charge in [0.05, 0.1) is 22.7 Å². The lowest BCUT2D eigenvalue weighted by atomic mass is 9.77. The van der Waals surface area contributed by atoms with Gasteiger partial charge in [0, 0.05) is 11.7 Å². The molecule has 0 aliphatic rings. The number of ether oxygens (including phenoxy) is 2. The van der Waals surface area contributed by atoms with Crippen LogP contribution in [0, 0.1) is 11.3 Å². The molecule has 0 atom stereocenters. The second kappa shape index (κ2) is 10.3. The molecular weight excluding hydrogens is 503 g/mol. The predicted octanol–water partition coefficient (Wildman–Crippen LogP) is 5.59. The average molecular weight is 525 g/mol. The number of aromatic nitrogens is 1. The molecule has 2 aromatic carbocycles. The van der Waals surface area contributed by atoms with E-state index in [4.69, 9.17) is 32.7 Å². The number of hydrogen-bond donors (Lipinski definition) is 0. The molecule has 0 radical (unpaired) electrons. The number of thiazole rings is 1. The van der Waals surface area contributed by atoms with E-state index in [1.54, 1.807) is 12.1 Å². The van der Waals surface area contributed by atoms with E-state index < -0.39 is 15.3 Å². The zero-order valence-electron chi connectivity index (χ0n) is 18.3. The first kappa shape index (κ1) is 25.3. The van der Waals surface area contributed by atoms with Crippen molar-refractivity contribution in [2.24, 2.45) is 0 Å². The molecular formula is C23H22Cl2N2O4S2. The summed E-state index contributed by atoms with van der Waals surface area (Å²) in [5, 5.41) is 10.5. The highest BCUT2D eigenvalue weighted by molar-refractivity contribution is 7.92. The second-order valence-corrected chi connectivity index (χ2v) is 11.9. The lowest BCUT2D eigenvalue weighted by Crippen LogP contribution is -2.19. The van der Waals surface area contributed by atoms with Crippen molar-refractivity contribution in [1.82, 2.24) is 4.98 Å². The van der Waals surface area contributed by atoms with Crippen molar-refractivity contribution >= 4 is 44.4 Å². The van der Waals surface area contributed by atoms with Gasteiger partial charge in [0.2, 0.25) is 0 Å². The minimum atomic E-state index is -3.27. The van der Waals surface area contributed by atoms with Gasteiger partial charge in [-0.15, -0.1) is 22.9 Å². The van der Waals surface area contributed by atoms with Crippen LogP contribution in [0.4, 0.5) is 0 Å². The molecule has 3 aromatic rings. The zero-order chi connectivity index (χ0) is 24.2. The predicted molar refractivity (Wildman–Crippen MR) is 131 cm³/mol. The van der Waals surface area contributed by atoms with Gasteiger partial charge in [0.1, 0.15) is 34.2 Å². The third kappa shape index (κ3) is 5.98. The Morgan fingerprint density at radius 1 is 1.15 bits per heavy atom. The van der Waals surface area contributed by atoms with Crippen LogP contribution < -0.4 is 9.47 Å². The number of halogens is 2. The minimum absolute atomic E-state index is 0.174. The van der Waals surface area contributed by atoms with Crippen LogP contribution in [0.5, 0.6) is 11.5 Å². The van der Waals surface area contributed by atoms with Crippen LogP contribution in [0.15, 0.2) is 46.8 Å². The summed E-state index contributed by atoms with van der Waals surface area (Å²) in [6.07, 6.45) is 2.50. The molecule has 0 unspecified atom stereocenters. The number of nitriles is 1. The van der Waals surface area contributed by atoms with Crippen molar-refractivity contribution in [3.8, 4) is 17.6 Å². The fraction of sp³-hybridized carbons (Fsp3) is 0.304. The topological polar surface area (TPSA) is 89.3 Å². The van der Waals surface area contributed by atoms with Gasteiger partial charge in [-0.3, -0.25) is 0 Å². The summed E-state index contributed by atoms with van der Waals surface area (Å²) in [5.74, 6) is 1.26. The number of alkyl halides is 1. The maximum absolute atomic E-state index is 11.6. The summed E-state index contributed by atoms with van der Waals surface area (Å²) >= 11 is 13.2. The number of nitrogens with zero attached hydrogens (tertiary/aromatic N) is 2. The number of rotatable bonds is 9. The van der Waals surface area contributed by atoms with Crippen molar-refractivity contribution in [2.45, 2.75) is 30.1 Å². The average Bonchev–Trinajstić information content (AvgIpc) is 3.26. The monoisotopic (exact) mass is 524 g/mol. The molecule has 0 saturated heterocycles. The third-order valence-corrected chi connectivity index (χ3v) is 8.24. The molecule has 3 rings (SSSR count). The van der Waals surface area contributed by atoms with E-state index in [9.17, 15) is 13.7 Å². The fourth-order valence-electron chi connectivity index (χ4n) is 3.14. The Bertz CT molecular complexity index is 1280. The van der Waals surface area contributed by atoms with E-state index >= 15 is 0 Å². The maximum atomic E-state index is 11.6. The molecule has 174 valence electrons. The lowest BCUT2D eigenvalue weighted by molar-refractivity contribution is 0.305. The van der Waals surface area contributed by atoms with Crippen LogP contribution in [0.3, 0.4) is 0 Å². The third-order valence-electron chi connectivity index (χ3n) is 5.05. The Labute approximate surface area is 207 Å². The largest absolute Gasteiger partial charge is 0.489 e. The van der Waals surface area contributed by atoms with Crippen LogP contribution in [-0.2, 0) is 21.9 Å². The molecule has 0 saturated carbocycles. The van der Waals surface area contributed by atoms with Gasteiger partial charge in [-0.05, 0) is 35.4 Å². The molecule has 0 aliphatic heterocycles. The standard InChI is InChI=1S/C23H22Cl2N2O4S2/c1-23(2,17-10-15(12-26)22(19(25)11-17)30-9-8-24)16-4-6-18(7-5-16)31-14-20-27-13-21(32-20)33(3,28)29/h4-7,10-11,13H,8-9,14H2,1-3H3. The van der Waals surface area contributed by atoms with Crippen LogP contribution in [0.1, 0.15) is 35.5 Å². The van der Waals surface area contributed by atoms with Crippen LogP contribution in [0.25, 0.3) is 0 Å². The number of sulfone groups is 1. The molecule has 0 aliphatic carbocycles. The van der Waals surface area contributed by atoms with Gasteiger partial charge in [-0.2, -0.15) is 5.26 Å². The number of hydrogen-bond acceptors (Lipinski definition) is 7. The van der Waals surface area contributed by atoms with Crippen molar-refractivity contribution in [3.05, 3.63) is 69.3 Å². The van der Waals surface area contributed by atoms with E-state index in [1.807, 2.05) is 38.1 Å². The van der Waals surface area contributed by atoms with E-state index in [2.05, 4.69) is 11.1 Å². The molecule has 0 spiro atoms. The molecule has 0 amide bonds. The summed E-state index contributed by atoms with van der Waals surface area (Å²) in [6.45, 7) is 4.51. The molecule has 6 nitrogen and oxygen atoms in total. The zero-order valence-corrected chi connectivity index (χ0v) is 21.4. The lowest BCUT2D eigenvalue weighted by Gasteiger charge is -2.27. The summed E-state index contributed by atoms with van der Waals surface area (Å²) in [4.78, 5) is 4.10. The van der Waals surface area contributed by atoms with Gasteiger partial charge in [0.25, 0.3) is 0 Å². The quantitative estimate of drug-likeness (QED) is 0.338. The molecule has 1 heterocycles. The normalized spacial score (nSPS) is 11.8. The van der Waals surface area contributed by atoms with E-state index in [1.165, 1.54) is 6.20 Å². The highest BCUT2D eigenvalue weighted by Crippen LogP contribution is 2.38. The van der Waals surface area contributed by atoms with E-state index in [-0.39, 0.29) is 17.4 Å². The fourth-order valence-corrected chi connectivity index (χ4v) is 5.19. The maximum Gasteiger partial charge on any atom is 0.186 e. The SMILES string of the molecule is CC(C)(c1ccc(OCc2ncc(S(C)(=O)=O)s2)cc1)c1cc(Cl)c(OCCCl)c(C#N)c1. The van der Waals surface area contributed by atoms with Crippen molar-refractivity contribution < 1.29 is 17.9 Å². The number of benzene rings is 2. The second-order valence-electron chi connectivity index (χ2n) is 7.77. The van der Waals surface area contributed by atoms with Gasteiger partial charge in [-0.25, -0.2) is 13.4 Å². The summed E-state index contributed by atoms with van der Waals surface area (Å²) in [7, 11) is -3.27. The summed E-state index contributed by atoms with van der Waals surface area (Å²) in [5.41, 5.74) is 1.77. The highest BCUT2D eigenvalue weighted by atomic mass is 35.5. The van der Waals surface area contributed by atoms with Crippen LogP contribution in [0.2, 0.25) is 5.02 Å². The van der Waals surface area contributed by atoms with Gasteiger partial charge in [0.15, 0.2) is 15.6 Å². The molecule has 0 N–H and O–H groups in total. The minimum Gasteiger partial charge on any atom is -0.489 e. The van der Waals surface area contributed by atoms with Gasteiger partial charge in [-0.1, -0.05) is 37.6 Å². The Hall–Kier alpha value is -2.31. The molecule has 1 aromatic heterocycles. The molecule has 0 fully saturated rings. The van der Waals surface area contributed by atoms with Gasteiger partial charge < -0.3 is 9.47 Å². The molecule has 0 bridgehead atoms. The van der Waals surface area contributed by atoms with E-state index in [0.29, 0.717) is 33.0 Å². The van der Waals surface area contributed by atoms with Crippen LogP contribution >= 0.6 is 34.5 Å². The Morgan fingerprint density at radius 2 is 1.85 bits per heavy atom. The van der Waals surface area contributed by atoms with Crippen molar-refractivity contribution in [3.63, 3.8) is 0 Å². The Kier molecular flexibility index (Phi) is 7.91. The smallest absolute Gasteiger partial charge is 0.186 e. The summed E-state index contributed by atoms with van der Waals surface area (Å²) in [6, 6.07) is 13.3. The van der Waals surface area contributed by atoms with Crippen molar-refractivity contribution in [1.29, 1.82) is 5.26 Å². The first-order chi connectivity index (χ1) is 15.6. The Balaban J connectivity index is 1.77.